The molecule has 0 amide bonds. The Labute approximate surface area is 116 Å². The lowest BCUT2D eigenvalue weighted by atomic mass is 10.0. The first-order valence-electron chi connectivity index (χ1n) is 7.25. The maximum atomic E-state index is 6.07. The second kappa shape index (κ2) is 9.46. The third kappa shape index (κ3) is 5.45. The van der Waals surface area contributed by atoms with Gasteiger partial charge in [0, 0.05) is 11.6 Å². The summed E-state index contributed by atoms with van der Waals surface area (Å²) >= 11 is 6.07. The molecule has 0 aliphatic heterocycles. The molecule has 0 aliphatic carbocycles. The van der Waals surface area contributed by atoms with Crippen LogP contribution in [0.2, 0.25) is 5.22 Å². The Kier molecular flexibility index (Phi) is 8.19. The molecule has 104 valence electrons. The SMILES string of the molecule is CCCCCCCC(NCCC)c1ccoc1Cl. The van der Waals surface area contributed by atoms with Gasteiger partial charge in [0.1, 0.15) is 0 Å². The molecule has 1 atom stereocenters. The predicted molar refractivity (Wildman–Crippen MR) is 78.1 cm³/mol. The minimum Gasteiger partial charge on any atom is -0.453 e. The highest BCUT2D eigenvalue weighted by molar-refractivity contribution is 6.29. The van der Waals surface area contributed by atoms with Crippen molar-refractivity contribution >= 4 is 11.6 Å². The summed E-state index contributed by atoms with van der Waals surface area (Å²) in [4.78, 5) is 0. The maximum absolute atomic E-state index is 6.07. The van der Waals surface area contributed by atoms with Crippen LogP contribution in [0.3, 0.4) is 0 Å². The fourth-order valence-electron chi connectivity index (χ4n) is 2.19. The van der Waals surface area contributed by atoms with E-state index in [0.29, 0.717) is 11.3 Å². The van der Waals surface area contributed by atoms with E-state index in [-0.39, 0.29) is 0 Å². The second-order valence-corrected chi connectivity index (χ2v) is 5.20. The van der Waals surface area contributed by atoms with E-state index in [4.69, 9.17) is 16.0 Å². The van der Waals surface area contributed by atoms with Gasteiger partial charge >= 0.3 is 0 Å². The van der Waals surface area contributed by atoms with Crippen molar-refractivity contribution < 1.29 is 4.42 Å². The van der Waals surface area contributed by atoms with Crippen LogP contribution in [0.1, 0.15) is 70.4 Å². The monoisotopic (exact) mass is 271 g/mol. The topological polar surface area (TPSA) is 25.2 Å². The molecule has 0 aromatic carbocycles. The van der Waals surface area contributed by atoms with E-state index in [1.807, 2.05) is 6.07 Å². The Balaban J connectivity index is 2.39. The number of nitrogens with one attached hydrogen (secondary N) is 1. The fourth-order valence-corrected chi connectivity index (χ4v) is 2.44. The van der Waals surface area contributed by atoms with Crippen molar-refractivity contribution in [3.05, 3.63) is 23.1 Å². The first-order valence-corrected chi connectivity index (χ1v) is 7.63. The zero-order valence-corrected chi connectivity index (χ0v) is 12.4. The zero-order chi connectivity index (χ0) is 13.2. The summed E-state index contributed by atoms with van der Waals surface area (Å²) in [5, 5.41) is 4.10. The highest BCUT2D eigenvalue weighted by atomic mass is 35.5. The van der Waals surface area contributed by atoms with Gasteiger partial charge in [-0.2, -0.15) is 0 Å². The molecule has 1 aromatic rings. The van der Waals surface area contributed by atoms with Crippen molar-refractivity contribution in [2.45, 2.75) is 64.8 Å². The third-order valence-electron chi connectivity index (χ3n) is 3.26. The number of hydrogen-bond donors (Lipinski definition) is 1. The van der Waals surface area contributed by atoms with Gasteiger partial charge in [-0.05, 0) is 37.1 Å². The minimum atomic E-state index is 0.345. The van der Waals surface area contributed by atoms with E-state index < -0.39 is 0 Å². The van der Waals surface area contributed by atoms with Crippen molar-refractivity contribution in [1.82, 2.24) is 5.32 Å². The van der Waals surface area contributed by atoms with E-state index in [2.05, 4.69) is 19.2 Å². The summed E-state index contributed by atoms with van der Waals surface area (Å²) < 4.78 is 5.20. The fraction of sp³-hybridized carbons (Fsp3) is 0.733. The Morgan fingerprint density at radius 3 is 2.56 bits per heavy atom. The van der Waals surface area contributed by atoms with Crippen molar-refractivity contribution in [1.29, 1.82) is 0 Å². The predicted octanol–water partition coefficient (Wildman–Crippen LogP) is 5.33. The molecule has 2 nitrogen and oxygen atoms in total. The van der Waals surface area contributed by atoms with Gasteiger partial charge in [0.2, 0.25) is 0 Å². The van der Waals surface area contributed by atoms with E-state index >= 15 is 0 Å². The molecule has 18 heavy (non-hydrogen) atoms. The molecule has 0 fully saturated rings. The summed E-state index contributed by atoms with van der Waals surface area (Å²) in [6, 6.07) is 2.33. The third-order valence-corrected chi connectivity index (χ3v) is 3.57. The van der Waals surface area contributed by atoms with Crippen LogP contribution in [-0.2, 0) is 0 Å². The molecule has 1 rings (SSSR count). The van der Waals surface area contributed by atoms with Crippen LogP contribution in [0.4, 0.5) is 0 Å². The Morgan fingerprint density at radius 1 is 1.17 bits per heavy atom. The molecule has 0 saturated carbocycles. The van der Waals surface area contributed by atoms with Crippen molar-refractivity contribution in [2.75, 3.05) is 6.54 Å². The summed E-state index contributed by atoms with van der Waals surface area (Å²) in [6.07, 6.45) is 10.5. The zero-order valence-electron chi connectivity index (χ0n) is 11.7. The van der Waals surface area contributed by atoms with Gasteiger partial charge in [0.25, 0.3) is 0 Å². The Morgan fingerprint density at radius 2 is 1.94 bits per heavy atom. The number of halogens is 1. The van der Waals surface area contributed by atoms with E-state index in [9.17, 15) is 0 Å². The Bertz CT molecular complexity index is 311. The first kappa shape index (κ1) is 15.6. The molecule has 1 aromatic heterocycles. The highest BCUT2D eigenvalue weighted by Crippen LogP contribution is 2.28. The molecule has 1 N–H and O–H groups in total. The smallest absolute Gasteiger partial charge is 0.197 e. The van der Waals surface area contributed by atoms with Crippen LogP contribution in [0.25, 0.3) is 0 Å². The molecule has 3 heteroatoms. The van der Waals surface area contributed by atoms with E-state index in [0.717, 1.165) is 24.9 Å². The highest BCUT2D eigenvalue weighted by Gasteiger charge is 2.15. The van der Waals surface area contributed by atoms with E-state index in [1.54, 1.807) is 6.26 Å². The minimum absolute atomic E-state index is 0.345. The number of unbranched alkanes of at least 4 members (excludes halogenated alkanes) is 4. The van der Waals surface area contributed by atoms with Crippen LogP contribution < -0.4 is 5.32 Å². The molecular weight excluding hydrogens is 246 g/mol. The molecule has 0 bridgehead atoms. The lowest BCUT2D eigenvalue weighted by molar-refractivity contribution is 0.462. The summed E-state index contributed by atoms with van der Waals surface area (Å²) in [6.45, 7) is 5.46. The lowest BCUT2D eigenvalue weighted by Gasteiger charge is -2.17. The van der Waals surface area contributed by atoms with Gasteiger partial charge in [0.05, 0.1) is 6.26 Å². The lowest BCUT2D eigenvalue weighted by Crippen LogP contribution is -2.22. The standard InChI is InChI=1S/C15H26ClNO/c1-3-5-6-7-8-9-14(17-11-4-2)13-10-12-18-15(13)16/h10,12,14,17H,3-9,11H2,1-2H3. The van der Waals surface area contributed by atoms with Crippen LogP contribution in [0, 0.1) is 0 Å². The maximum Gasteiger partial charge on any atom is 0.197 e. The average Bonchev–Trinajstić information content (AvgIpc) is 2.79. The molecular formula is C15H26ClNO. The van der Waals surface area contributed by atoms with Gasteiger partial charge in [-0.25, -0.2) is 0 Å². The van der Waals surface area contributed by atoms with E-state index in [1.165, 1.54) is 32.1 Å². The van der Waals surface area contributed by atoms with Gasteiger partial charge in [-0.15, -0.1) is 0 Å². The van der Waals surface area contributed by atoms with Crippen LogP contribution in [-0.4, -0.2) is 6.54 Å². The van der Waals surface area contributed by atoms with Crippen LogP contribution in [0.15, 0.2) is 16.7 Å². The number of rotatable bonds is 10. The largest absolute Gasteiger partial charge is 0.453 e. The van der Waals surface area contributed by atoms with Gasteiger partial charge in [0.15, 0.2) is 5.22 Å². The molecule has 1 unspecified atom stereocenters. The second-order valence-electron chi connectivity index (χ2n) is 4.86. The summed E-state index contributed by atoms with van der Waals surface area (Å²) in [5.41, 5.74) is 1.11. The summed E-state index contributed by atoms with van der Waals surface area (Å²) in [5.74, 6) is 0. The normalized spacial score (nSPS) is 12.8. The van der Waals surface area contributed by atoms with Gasteiger partial charge < -0.3 is 9.73 Å². The summed E-state index contributed by atoms with van der Waals surface area (Å²) in [7, 11) is 0. The number of hydrogen-bond acceptors (Lipinski definition) is 2. The van der Waals surface area contributed by atoms with Gasteiger partial charge in [-0.1, -0.05) is 46.0 Å². The van der Waals surface area contributed by atoms with Crippen molar-refractivity contribution in [3.63, 3.8) is 0 Å². The van der Waals surface area contributed by atoms with Crippen LogP contribution in [0.5, 0.6) is 0 Å². The molecule has 0 radical (unpaired) electrons. The molecule has 1 heterocycles. The quantitative estimate of drug-likeness (QED) is 0.582. The van der Waals surface area contributed by atoms with Crippen molar-refractivity contribution in [2.24, 2.45) is 0 Å². The molecule has 0 aliphatic rings. The number of furan rings is 1. The van der Waals surface area contributed by atoms with Gasteiger partial charge in [-0.3, -0.25) is 0 Å². The molecule has 0 saturated heterocycles. The van der Waals surface area contributed by atoms with Crippen molar-refractivity contribution in [3.8, 4) is 0 Å². The molecule has 0 spiro atoms. The van der Waals surface area contributed by atoms with Crippen LogP contribution >= 0.6 is 11.6 Å². The average molecular weight is 272 g/mol. The Hall–Kier alpha value is -0.470. The first-order chi connectivity index (χ1) is 8.79.